The maximum absolute atomic E-state index is 12.6. The van der Waals surface area contributed by atoms with Crippen LogP contribution >= 0.6 is 22.9 Å². The van der Waals surface area contributed by atoms with Gasteiger partial charge in [0.05, 0.1) is 0 Å². The minimum Gasteiger partial charge on any atom is -0.343 e. The van der Waals surface area contributed by atoms with Crippen molar-refractivity contribution in [3.05, 3.63) is 30.3 Å². The van der Waals surface area contributed by atoms with E-state index < -0.39 is 11.4 Å². The topological polar surface area (TPSA) is 84.0 Å². The van der Waals surface area contributed by atoms with Crippen molar-refractivity contribution >= 4 is 39.9 Å². The fourth-order valence-corrected chi connectivity index (χ4v) is 2.94. The van der Waals surface area contributed by atoms with Crippen molar-refractivity contribution in [1.29, 1.82) is 0 Å². The van der Waals surface area contributed by atoms with Crippen molar-refractivity contribution in [2.75, 3.05) is 5.32 Å². The van der Waals surface area contributed by atoms with Crippen LogP contribution in [-0.2, 0) is 9.59 Å². The minimum atomic E-state index is -0.703. The Bertz CT molecular complexity index is 720. The Morgan fingerprint density at radius 2 is 1.84 bits per heavy atom. The molecule has 0 aliphatic heterocycles. The first-order chi connectivity index (χ1) is 11.9. The molecule has 2 rings (SSSR count). The number of amides is 2. The Kier molecular flexibility index (Phi) is 6.90. The van der Waals surface area contributed by atoms with Crippen LogP contribution in [0.4, 0.5) is 5.13 Å². The van der Waals surface area contributed by atoms with Crippen LogP contribution in [0.1, 0.15) is 27.2 Å². The smallest absolute Gasteiger partial charge is 0.249 e. The number of nitrogens with one attached hydrogen (secondary N) is 2. The van der Waals surface area contributed by atoms with Crippen LogP contribution in [0.25, 0.3) is 10.6 Å². The molecule has 134 valence electrons. The standard InChI is InChI=1S/C17H21ClN4O2S/c1-4-10(2)13(19-14(23)11(3)18)15(24)20-17-22-21-16(25-17)12-8-6-5-7-9-12/h5-11,13H,4H2,1-3H3,(H,19,23)(H,20,22,24)/t10-,11-,13+/m1/s1. The molecule has 0 aliphatic rings. The van der Waals surface area contributed by atoms with Gasteiger partial charge >= 0.3 is 0 Å². The molecular formula is C17H21ClN4O2S. The summed E-state index contributed by atoms with van der Waals surface area (Å²) < 4.78 is 0. The lowest BCUT2D eigenvalue weighted by Gasteiger charge is -2.23. The zero-order valence-electron chi connectivity index (χ0n) is 14.3. The molecular weight excluding hydrogens is 360 g/mol. The van der Waals surface area contributed by atoms with Crippen LogP contribution in [0.5, 0.6) is 0 Å². The summed E-state index contributed by atoms with van der Waals surface area (Å²) in [7, 11) is 0. The number of anilines is 1. The van der Waals surface area contributed by atoms with Gasteiger partial charge in [0.2, 0.25) is 16.9 Å². The van der Waals surface area contributed by atoms with Crippen LogP contribution in [0.3, 0.4) is 0 Å². The first kappa shape index (κ1) is 19.3. The van der Waals surface area contributed by atoms with E-state index in [1.807, 2.05) is 44.2 Å². The molecule has 1 aromatic carbocycles. The van der Waals surface area contributed by atoms with Gasteiger partial charge in [-0.25, -0.2) is 0 Å². The number of carbonyl (C=O) groups is 2. The van der Waals surface area contributed by atoms with Crippen LogP contribution in [0.2, 0.25) is 0 Å². The van der Waals surface area contributed by atoms with Gasteiger partial charge in [0, 0.05) is 5.56 Å². The zero-order chi connectivity index (χ0) is 18.4. The van der Waals surface area contributed by atoms with Gasteiger partial charge in [0.15, 0.2) is 0 Å². The Hall–Kier alpha value is -1.99. The lowest BCUT2D eigenvalue weighted by Crippen LogP contribution is -2.49. The number of alkyl halides is 1. The van der Waals surface area contributed by atoms with E-state index in [9.17, 15) is 9.59 Å². The zero-order valence-corrected chi connectivity index (χ0v) is 15.9. The van der Waals surface area contributed by atoms with Gasteiger partial charge in [-0.2, -0.15) is 0 Å². The second-order valence-corrected chi connectivity index (χ2v) is 7.39. The van der Waals surface area contributed by atoms with Crippen molar-refractivity contribution in [2.24, 2.45) is 5.92 Å². The van der Waals surface area contributed by atoms with E-state index in [1.165, 1.54) is 11.3 Å². The van der Waals surface area contributed by atoms with E-state index in [4.69, 9.17) is 11.6 Å². The fourth-order valence-electron chi connectivity index (χ4n) is 2.12. The molecule has 0 spiro atoms. The maximum Gasteiger partial charge on any atom is 0.249 e. The van der Waals surface area contributed by atoms with Crippen LogP contribution in [-0.4, -0.2) is 33.4 Å². The first-order valence-electron chi connectivity index (χ1n) is 8.06. The van der Waals surface area contributed by atoms with Gasteiger partial charge in [-0.3, -0.25) is 14.9 Å². The van der Waals surface area contributed by atoms with E-state index in [-0.39, 0.29) is 17.7 Å². The minimum absolute atomic E-state index is 0.0409. The van der Waals surface area contributed by atoms with Crippen LogP contribution < -0.4 is 10.6 Å². The summed E-state index contributed by atoms with van der Waals surface area (Å²) in [5.41, 5.74) is 0.934. The summed E-state index contributed by atoms with van der Waals surface area (Å²) in [6, 6.07) is 8.92. The number of rotatable bonds is 7. The molecule has 0 saturated carbocycles. The molecule has 2 aromatic rings. The molecule has 0 aliphatic carbocycles. The SMILES string of the molecule is CC[C@@H](C)[C@H](NC(=O)[C@@H](C)Cl)C(=O)Nc1nnc(-c2ccccc2)s1. The predicted octanol–water partition coefficient (Wildman–Crippen LogP) is 3.30. The quantitative estimate of drug-likeness (QED) is 0.722. The number of aromatic nitrogens is 2. The van der Waals surface area contributed by atoms with Crippen molar-refractivity contribution in [2.45, 2.75) is 38.6 Å². The Labute approximate surface area is 156 Å². The average molecular weight is 381 g/mol. The molecule has 25 heavy (non-hydrogen) atoms. The highest BCUT2D eigenvalue weighted by molar-refractivity contribution is 7.18. The molecule has 1 heterocycles. The maximum atomic E-state index is 12.6. The monoisotopic (exact) mass is 380 g/mol. The lowest BCUT2D eigenvalue weighted by molar-refractivity contribution is -0.127. The van der Waals surface area contributed by atoms with E-state index in [0.29, 0.717) is 5.13 Å². The van der Waals surface area contributed by atoms with E-state index in [1.54, 1.807) is 6.92 Å². The molecule has 1 aromatic heterocycles. The molecule has 0 bridgehead atoms. The highest BCUT2D eigenvalue weighted by Gasteiger charge is 2.28. The van der Waals surface area contributed by atoms with Gasteiger partial charge in [-0.05, 0) is 12.8 Å². The lowest BCUT2D eigenvalue weighted by atomic mass is 9.98. The summed E-state index contributed by atoms with van der Waals surface area (Å²) in [5.74, 6) is -0.735. The molecule has 8 heteroatoms. The summed E-state index contributed by atoms with van der Waals surface area (Å²) in [4.78, 5) is 24.5. The number of hydrogen-bond donors (Lipinski definition) is 2. The normalized spacial score (nSPS) is 14.4. The van der Waals surface area contributed by atoms with E-state index >= 15 is 0 Å². The predicted molar refractivity (Wildman–Crippen MR) is 101 cm³/mol. The summed E-state index contributed by atoms with van der Waals surface area (Å²) >= 11 is 7.08. The molecule has 0 radical (unpaired) electrons. The van der Waals surface area contributed by atoms with Crippen molar-refractivity contribution in [3.63, 3.8) is 0 Å². The van der Waals surface area contributed by atoms with Gasteiger partial charge in [-0.1, -0.05) is 61.9 Å². The number of carbonyl (C=O) groups excluding carboxylic acids is 2. The molecule has 0 unspecified atom stereocenters. The fraction of sp³-hybridized carbons (Fsp3) is 0.412. The van der Waals surface area contributed by atoms with Gasteiger partial charge in [0.25, 0.3) is 0 Å². The van der Waals surface area contributed by atoms with Crippen molar-refractivity contribution in [1.82, 2.24) is 15.5 Å². The van der Waals surface area contributed by atoms with Crippen molar-refractivity contribution in [3.8, 4) is 10.6 Å². The van der Waals surface area contributed by atoms with E-state index in [2.05, 4.69) is 20.8 Å². The summed E-state index contributed by atoms with van der Waals surface area (Å²) in [6.07, 6.45) is 0.737. The summed E-state index contributed by atoms with van der Waals surface area (Å²) in [6.45, 7) is 5.43. The third-order valence-electron chi connectivity index (χ3n) is 3.83. The van der Waals surface area contributed by atoms with Gasteiger partial charge in [0.1, 0.15) is 16.4 Å². The third-order valence-corrected chi connectivity index (χ3v) is 4.92. The molecule has 3 atom stereocenters. The van der Waals surface area contributed by atoms with Gasteiger partial charge in [-0.15, -0.1) is 21.8 Å². The van der Waals surface area contributed by atoms with Crippen LogP contribution in [0.15, 0.2) is 30.3 Å². The number of nitrogens with zero attached hydrogens (tertiary/aromatic N) is 2. The Balaban J connectivity index is 2.10. The average Bonchev–Trinajstić information content (AvgIpc) is 3.07. The first-order valence-corrected chi connectivity index (χ1v) is 9.31. The van der Waals surface area contributed by atoms with Crippen LogP contribution in [0, 0.1) is 5.92 Å². The Morgan fingerprint density at radius 1 is 1.16 bits per heavy atom. The molecule has 0 saturated heterocycles. The highest BCUT2D eigenvalue weighted by atomic mass is 35.5. The molecule has 6 nitrogen and oxygen atoms in total. The number of benzene rings is 1. The van der Waals surface area contributed by atoms with Crippen molar-refractivity contribution < 1.29 is 9.59 Å². The second-order valence-electron chi connectivity index (χ2n) is 5.76. The Morgan fingerprint density at radius 3 is 2.44 bits per heavy atom. The highest BCUT2D eigenvalue weighted by Crippen LogP contribution is 2.26. The number of hydrogen-bond acceptors (Lipinski definition) is 5. The molecule has 2 amide bonds. The summed E-state index contributed by atoms with van der Waals surface area (Å²) in [5, 5.41) is 14.0. The van der Waals surface area contributed by atoms with Gasteiger partial charge < -0.3 is 5.32 Å². The van der Waals surface area contributed by atoms with E-state index in [0.717, 1.165) is 17.0 Å². The third kappa shape index (κ3) is 5.24. The molecule has 2 N–H and O–H groups in total. The largest absolute Gasteiger partial charge is 0.343 e. The second kappa shape index (κ2) is 8.92. The number of halogens is 1. The molecule has 0 fully saturated rings.